The number of fused-ring (bicyclic) bond motifs is 2. The van der Waals surface area contributed by atoms with Gasteiger partial charge in [-0.15, -0.1) is 0 Å². The highest BCUT2D eigenvalue weighted by Crippen LogP contribution is 2.47. The molecule has 2 N–H and O–H groups in total. The molecule has 33 heavy (non-hydrogen) atoms. The SMILES string of the molecule is CC1(C)O[C@@H]2[C@H](O1)[C@@H](C(O)c1ccc(Cl)cc1CCCO)O[C@H]2n1ccc2c(Cl)ncnc21. The maximum atomic E-state index is 11.5. The number of halogens is 2. The molecule has 2 aliphatic rings. The predicted molar refractivity (Wildman–Crippen MR) is 122 cm³/mol. The number of aryl methyl sites for hydroxylation is 1. The van der Waals surface area contributed by atoms with Gasteiger partial charge in [0.05, 0.1) is 5.39 Å². The van der Waals surface area contributed by atoms with E-state index in [0.717, 1.165) is 5.56 Å². The number of rotatable bonds is 6. The van der Waals surface area contributed by atoms with E-state index in [4.69, 9.17) is 37.4 Å². The molecule has 0 amide bonds. The first-order chi connectivity index (χ1) is 15.8. The number of aliphatic hydroxyl groups excluding tert-OH is 2. The molecule has 2 fully saturated rings. The number of aromatic nitrogens is 3. The Kier molecular flexibility index (Phi) is 6.11. The summed E-state index contributed by atoms with van der Waals surface area (Å²) in [6, 6.07) is 7.17. The van der Waals surface area contributed by atoms with Gasteiger partial charge in [0.15, 0.2) is 12.0 Å². The Hall–Kier alpha value is -1.78. The smallest absolute Gasteiger partial charge is 0.164 e. The summed E-state index contributed by atoms with van der Waals surface area (Å²) in [5.74, 6) is -0.843. The molecule has 2 saturated heterocycles. The first-order valence-corrected chi connectivity index (χ1v) is 11.6. The summed E-state index contributed by atoms with van der Waals surface area (Å²) in [6.07, 6.45) is 1.08. The van der Waals surface area contributed by atoms with Gasteiger partial charge in [0.1, 0.15) is 41.5 Å². The molecule has 0 saturated carbocycles. The highest BCUT2D eigenvalue weighted by atomic mass is 35.5. The average molecular weight is 494 g/mol. The fourth-order valence-electron chi connectivity index (χ4n) is 4.76. The Morgan fingerprint density at radius 1 is 1.15 bits per heavy atom. The topological polar surface area (TPSA) is 98.9 Å². The molecule has 8 nitrogen and oxygen atoms in total. The summed E-state index contributed by atoms with van der Waals surface area (Å²) >= 11 is 12.4. The second-order valence-electron chi connectivity index (χ2n) is 8.80. The van der Waals surface area contributed by atoms with Gasteiger partial charge in [-0.2, -0.15) is 0 Å². The quantitative estimate of drug-likeness (QED) is 0.503. The lowest BCUT2D eigenvalue weighted by Gasteiger charge is -2.28. The third-order valence-corrected chi connectivity index (χ3v) is 6.68. The molecule has 0 radical (unpaired) electrons. The highest BCUT2D eigenvalue weighted by molar-refractivity contribution is 6.33. The molecule has 1 unspecified atom stereocenters. The van der Waals surface area contributed by atoms with Crippen LogP contribution in [-0.2, 0) is 20.6 Å². The zero-order valence-electron chi connectivity index (χ0n) is 18.2. The van der Waals surface area contributed by atoms with E-state index in [9.17, 15) is 10.2 Å². The summed E-state index contributed by atoms with van der Waals surface area (Å²) in [5, 5.41) is 22.4. The number of hydrogen-bond donors (Lipinski definition) is 2. The van der Waals surface area contributed by atoms with Crippen LogP contribution in [0.1, 0.15) is 43.7 Å². The zero-order valence-corrected chi connectivity index (χ0v) is 19.7. The van der Waals surface area contributed by atoms with Crippen LogP contribution in [0.25, 0.3) is 11.0 Å². The van der Waals surface area contributed by atoms with E-state index in [0.29, 0.717) is 39.6 Å². The highest BCUT2D eigenvalue weighted by Gasteiger charge is 2.58. The van der Waals surface area contributed by atoms with Crippen molar-refractivity contribution in [3.05, 3.63) is 58.1 Å². The lowest BCUT2D eigenvalue weighted by molar-refractivity contribution is -0.207. The fraction of sp³-hybridized carbons (Fsp3) is 0.478. The molecule has 4 heterocycles. The van der Waals surface area contributed by atoms with Crippen LogP contribution in [0.2, 0.25) is 10.2 Å². The minimum Gasteiger partial charge on any atom is -0.396 e. The molecule has 2 aliphatic heterocycles. The van der Waals surface area contributed by atoms with Crippen molar-refractivity contribution in [1.82, 2.24) is 14.5 Å². The lowest BCUT2D eigenvalue weighted by atomic mass is 9.93. The molecule has 0 bridgehead atoms. The second kappa shape index (κ2) is 8.78. The standard InChI is InChI=1S/C23H25Cl2N3O5/c1-23(2)32-18-17(16(30)14-6-5-13(24)10-12(14)4-3-9-29)31-22(19(18)33-23)28-8-7-15-20(25)26-11-27-21(15)28/h5-8,10-11,16-19,22,29-30H,3-4,9H2,1-2H3/t16?,17-,18-,19-,22-/m1/s1. The summed E-state index contributed by atoms with van der Waals surface area (Å²) in [4.78, 5) is 8.41. The van der Waals surface area contributed by atoms with Crippen molar-refractivity contribution in [2.75, 3.05) is 6.61 Å². The number of benzene rings is 1. The molecule has 10 heteroatoms. The minimum atomic E-state index is -0.994. The van der Waals surface area contributed by atoms with Crippen LogP contribution < -0.4 is 0 Å². The zero-order chi connectivity index (χ0) is 23.3. The van der Waals surface area contributed by atoms with Gasteiger partial charge in [-0.25, -0.2) is 9.97 Å². The minimum absolute atomic E-state index is 0.0466. The first-order valence-electron chi connectivity index (χ1n) is 10.8. The van der Waals surface area contributed by atoms with Crippen molar-refractivity contribution < 1.29 is 24.4 Å². The van der Waals surface area contributed by atoms with Crippen LogP contribution >= 0.6 is 23.2 Å². The molecule has 1 aromatic carbocycles. The van der Waals surface area contributed by atoms with E-state index >= 15 is 0 Å². The number of ether oxygens (including phenoxy) is 3. The third-order valence-electron chi connectivity index (χ3n) is 6.14. The van der Waals surface area contributed by atoms with Crippen LogP contribution in [0.3, 0.4) is 0 Å². The Morgan fingerprint density at radius 3 is 2.73 bits per heavy atom. The van der Waals surface area contributed by atoms with Crippen LogP contribution in [0, 0.1) is 0 Å². The van der Waals surface area contributed by atoms with Crippen LogP contribution in [0.5, 0.6) is 0 Å². The molecule has 0 spiro atoms. The largest absolute Gasteiger partial charge is 0.396 e. The maximum Gasteiger partial charge on any atom is 0.164 e. The molecule has 2 aromatic heterocycles. The first kappa shape index (κ1) is 23.0. The van der Waals surface area contributed by atoms with E-state index in [1.54, 1.807) is 12.1 Å². The number of hydrogen-bond acceptors (Lipinski definition) is 7. The summed E-state index contributed by atoms with van der Waals surface area (Å²) in [7, 11) is 0. The van der Waals surface area contributed by atoms with Gasteiger partial charge in [0.2, 0.25) is 0 Å². The van der Waals surface area contributed by atoms with Crippen molar-refractivity contribution in [2.24, 2.45) is 0 Å². The molecular weight excluding hydrogens is 469 g/mol. The van der Waals surface area contributed by atoms with Crippen molar-refractivity contribution in [3.63, 3.8) is 0 Å². The molecular formula is C23H25Cl2N3O5. The Labute approximate surface area is 201 Å². The van der Waals surface area contributed by atoms with Gasteiger partial charge < -0.3 is 29.0 Å². The molecule has 5 rings (SSSR count). The average Bonchev–Trinajstić information content (AvgIpc) is 3.43. The summed E-state index contributed by atoms with van der Waals surface area (Å²) in [6.45, 7) is 3.73. The molecule has 0 aliphatic carbocycles. The molecule has 3 aromatic rings. The van der Waals surface area contributed by atoms with E-state index in [-0.39, 0.29) is 6.61 Å². The van der Waals surface area contributed by atoms with Crippen molar-refractivity contribution in [1.29, 1.82) is 0 Å². The van der Waals surface area contributed by atoms with Crippen molar-refractivity contribution >= 4 is 34.2 Å². The number of nitrogens with zero attached hydrogens (tertiary/aromatic N) is 3. The lowest BCUT2D eigenvalue weighted by Crippen LogP contribution is -2.34. The van der Waals surface area contributed by atoms with Crippen molar-refractivity contribution in [3.8, 4) is 0 Å². The maximum absolute atomic E-state index is 11.5. The summed E-state index contributed by atoms with van der Waals surface area (Å²) < 4.78 is 20.6. The van der Waals surface area contributed by atoms with Gasteiger partial charge in [-0.3, -0.25) is 0 Å². The van der Waals surface area contributed by atoms with Crippen molar-refractivity contribution in [2.45, 2.75) is 63.1 Å². The summed E-state index contributed by atoms with van der Waals surface area (Å²) in [5.41, 5.74) is 2.15. The van der Waals surface area contributed by atoms with Gasteiger partial charge in [0.25, 0.3) is 0 Å². The molecule has 5 atom stereocenters. The second-order valence-corrected chi connectivity index (χ2v) is 9.59. The van der Waals surface area contributed by atoms with Gasteiger partial charge in [-0.1, -0.05) is 29.3 Å². The molecule has 176 valence electrons. The monoisotopic (exact) mass is 493 g/mol. The van der Waals surface area contributed by atoms with E-state index in [1.165, 1.54) is 6.33 Å². The van der Waals surface area contributed by atoms with Crippen LogP contribution in [0.15, 0.2) is 36.8 Å². The van der Waals surface area contributed by atoms with E-state index < -0.39 is 36.4 Å². The van der Waals surface area contributed by atoms with Gasteiger partial charge >= 0.3 is 0 Å². The number of aliphatic hydroxyl groups is 2. The van der Waals surface area contributed by atoms with E-state index in [2.05, 4.69) is 9.97 Å². The van der Waals surface area contributed by atoms with Crippen LogP contribution in [0.4, 0.5) is 0 Å². The van der Waals surface area contributed by atoms with Gasteiger partial charge in [-0.05, 0) is 56.0 Å². The van der Waals surface area contributed by atoms with Gasteiger partial charge in [0, 0.05) is 17.8 Å². The Balaban J connectivity index is 1.52. The van der Waals surface area contributed by atoms with E-state index in [1.807, 2.05) is 36.7 Å². The fourth-order valence-corrected chi connectivity index (χ4v) is 5.14. The van der Waals surface area contributed by atoms with Crippen LogP contribution in [-0.4, -0.2) is 55.5 Å². The Morgan fingerprint density at radius 2 is 1.94 bits per heavy atom. The predicted octanol–water partition coefficient (Wildman–Crippen LogP) is 3.81. The Bertz CT molecular complexity index is 1170. The third kappa shape index (κ3) is 4.14. The normalized spacial score (nSPS) is 27.2.